The number of aliphatic imine (C=N–C) groups is 1. The fraction of sp³-hybridized carbons (Fsp3) is 0.235. The van der Waals surface area contributed by atoms with Crippen LogP contribution in [0.5, 0.6) is 0 Å². The first kappa shape index (κ1) is 13.6. The Morgan fingerprint density at radius 2 is 1.90 bits per heavy atom. The first-order chi connectivity index (χ1) is 10.0. The van der Waals surface area contributed by atoms with Crippen molar-refractivity contribution >= 4 is 11.6 Å². The molecule has 0 amide bonds. The van der Waals surface area contributed by atoms with Crippen molar-refractivity contribution in [3.8, 4) is 0 Å². The number of hydrogen-bond donors (Lipinski definition) is 1. The van der Waals surface area contributed by atoms with Crippen LogP contribution in [0.15, 0.2) is 53.5 Å². The smallest absolute Gasteiger partial charge is 0.196 e. The van der Waals surface area contributed by atoms with E-state index in [2.05, 4.69) is 4.99 Å². The van der Waals surface area contributed by atoms with Crippen molar-refractivity contribution in [1.82, 2.24) is 0 Å². The number of hydrogen-bond acceptors (Lipinski definition) is 3. The van der Waals surface area contributed by atoms with E-state index in [9.17, 15) is 4.39 Å². The summed E-state index contributed by atoms with van der Waals surface area (Å²) in [6.45, 7) is 4.58. The van der Waals surface area contributed by atoms with E-state index < -0.39 is 5.54 Å². The third-order valence-electron chi connectivity index (χ3n) is 4.01. The van der Waals surface area contributed by atoms with Crippen molar-refractivity contribution in [3.05, 3.63) is 65.5 Å². The molecule has 0 bridgehead atoms. The predicted octanol–water partition coefficient (Wildman–Crippen LogP) is 3.18. The molecule has 1 aliphatic rings. The number of aryl methyl sites for hydroxylation is 1. The van der Waals surface area contributed by atoms with Crippen LogP contribution >= 0.6 is 0 Å². The fourth-order valence-electron chi connectivity index (χ4n) is 2.78. The lowest BCUT2D eigenvalue weighted by molar-refractivity contribution is 0.525. The van der Waals surface area contributed by atoms with Crippen LogP contribution in [0.4, 0.5) is 10.1 Å². The summed E-state index contributed by atoms with van der Waals surface area (Å²) >= 11 is 0. The summed E-state index contributed by atoms with van der Waals surface area (Å²) < 4.78 is 13.6. The van der Waals surface area contributed by atoms with E-state index in [0.29, 0.717) is 12.5 Å². The Kier molecular flexibility index (Phi) is 3.16. The lowest BCUT2D eigenvalue weighted by Crippen LogP contribution is -2.47. The van der Waals surface area contributed by atoms with Gasteiger partial charge in [-0.25, -0.2) is 4.39 Å². The van der Waals surface area contributed by atoms with Crippen molar-refractivity contribution in [2.75, 3.05) is 11.4 Å². The molecule has 0 saturated heterocycles. The molecule has 21 heavy (non-hydrogen) atoms. The van der Waals surface area contributed by atoms with Crippen LogP contribution in [0.25, 0.3) is 0 Å². The van der Waals surface area contributed by atoms with Gasteiger partial charge in [-0.3, -0.25) is 4.99 Å². The molecule has 2 aromatic rings. The number of anilines is 1. The number of guanidine groups is 1. The molecule has 1 unspecified atom stereocenters. The highest BCUT2D eigenvalue weighted by Crippen LogP contribution is 2.36. The van der Waals surface area contributed by atoms with Gasteiger partial charge in [0.05, 0.1) is 12.1 Å². The zero-order chi connectivity index (χ0) is 15.0. The topological polar surface area (TPSA) is 41.6 Å². The molecule has 3 nitrogen and oxygen atoms in total. The first-order valence-electron chi connectivity index (χ1n) is 6.93. The summed E-state index contributed by atoms with van der Waals surface area (Å²) in [6.07, 6.45) is 0. The Morgan fingerprint density at radius 1 is 1.19 bits per heavy atom. The highest BCUT2D eigenvalue weighted by molar-refractivity contribution is 5.98. The zero-order valence-corrected chi connectivity index (χ0v) is 12.2. The summed E-state index contributed by atoms with van der Waals surface area (Å²) in [5.74, 6) is 0.216. The van der Waals surface area contributed by atoms with Crippen molar-refractivity contribution < 1.29 is 4.39 Å². The molecule has 4 heteroatoms. The van der Waals surface area contributed by atoms with Crippen LogP contribution in [0.2, 0.25) is 0 Å². The monoisotopic (exact) mass is 283 g/mol. The summed E-state index contributed by atoms with van der Waals surface area (Å²) in [5.41, 5.74) is 8.62. The molecule has 1 aliphatic heterocycles. The number of rotatable bonds is 2. The first-order valence-corrected chi connectivity index (χ1v) is 6.93. The van der Waals surface area contributed by atoms with Crippen LogP contribution in [0.1, 0.15) is 18.1 Å². The number of nitrogens with zero attached hydrogens (tertiary/aromatic N) is 2. The maximum Gasteiger partial charge on any atom is 0.196 e. The van der Waals surface area contributed by atoms with Gasteiger partial charge in [0, 0.05) is 5.69 Å². The van der Waals surface area contributed by atoms with Gasteiger partial charge >= 0.3 is 0 Å². The van der Waals surface area contributed by atoms with E-state index in [1.807, 2.05) is 49.1 Å². The average molecular weight is 283 g/mol. The van der Waals surface area contributed by atoms with Crippen LogP contribution in [0, 0.1) is 12.7 Å². The van der Waals surface area contributed by atoms with Gasteiger partial charge in [0.1, 0.15) is 5.82 Å². The second-order valence-corrected chi connectivity index (χ2v) is 5.63. The van der Waals surface area contributed by atoms with Gasteiger partial charge in [0.2, 0.25) is 0 Å². The highest BCUT2D eigenvalue weighted by atomic mass is 19.1. The molecular formula is C17H18FN3. The zero-order valence-electron chi connectivity index (χ0n) is 12.2. The van der Waals surface area contributed by atoms with Crippen molar-refractivity contribution in [2.45, 2.75) is 19.4 Å². The molecule has 3 rings (SSSR count). The molecule has 0 spiro atoms. The minimum Gasteiger partial charge on any atom is -0.369 e. The summed E-state index contributed by atoms with van der Waals surface area (Å²) in [4.78, 5) is 6.35. The maximum absolute atomic E-state index is 13.6. The van der Waals surface area contributed by atoms with E-state index in [0.717, 1.165) is 11.3 Å². The van der Waals surface area contributed by atoms with Gasteiger partial charge in [-0.05, 0) is 43.7 Å². The minimum atomic E-state index is -0.471. The molecule has 0 fully saturated rings. The third-order valence-corrected chi connectivity index (χ3v) is 4.01. The molecule has 108 valence electrons. The molecular weight excluding hydrogens is 265 g/mol. The van der Waals surface area contributed by atoms with E-state index in [1.54, 1.807) is 12.1 Å². The Bertz CT molecular complexity index is 693. The normalized spacial score (nSPS) is 21.5. The van der Waals surface area contributed by atoms with Gasteiger partial charge in [-0.1, -0.05) is 29.8 Å². The van der Waals surface area contributed by atoms with Crippen molar-refractivity contribution in [2.24, 2.45) is 10.7 Å². The van der Waals surface area contributed by atoms with E-state index >= 15 is 0 Å². The second-order valence-electron chi connectivity index (χ2n) is 5.63. The fourth-order valence-corrected chi connectivity index (χ4v) is 2.78. The Hall–Kier alpha value is -2.36. The molecule has 0 aliphatic carbocycles. The predicted molar refractivity (Wildman–Crippen MR) is 83.9 cm³/mol. The second kappa shape index (κ2) is 4.88. The maximum atomic E-state index is 13.6. The Labute approximate surface area is 123 Å². The lowest BCUT2D eigenvalue weighted by Gasteiger charge is -2.36. The van der Waals surface area contributed by atoms with Crippen LogP contribution in [-0.2, 0) is 5.54 Å². The number of nitrogens with two attached hydrogens (primary N) is 1. The van der Waals surface area contributed by atoms with Crippen molar-refractivity contribution in [1.29, 1.82) is 0 Å². The molecule has 0 aromatic heterocycles. The summed E-state index contributed by atoms with van der Waals surface area (Å²) in [5, 5.41) is 0. The number of benzene rings is 2. The Morgan fingerprint density at radius 3 is 2.57 bits per heavy atom. The van der Waals surface area contributed by atoms with Crippen LogP contribution in [-0.4, -0.2) is 12.5 Å². The average Bonchev–Trinajstić information content (AvgIpc) is 2.77. The van der Waals surface area contributed by atoms with E-state index in [1.165, 1.54) is 11.6 Å². The van der Waals surface area contributed by atoms with Crippen LogP contribution in [0.3, 0.4) is 0 Å². The van der Waals surface area contributed by atoms with E-state index in [4.69, 9.17) is 5.73 Å². The SMILES string of the molecule is Cc1ccc(N2C(N)=NCC2(C)c2cccc(F)c2)cc1. The summed E-state index contributed by atoms with van der Waals surface area (Å²) in [6, 6.07) is 14.7. The summed E-state index contributed by atoms with van der Waals surface area (Å²) in [7, 11) is 0. The minimum absolute atomic E-state index is 0.247. The molecule has 2 aromatic carbocycles. The standard InChI is InChI=1S/C17H18FN3/c1-12-6-8-15(9-7-12)21-16(19)20-11-17(21,2)13-4-3-5-14(18)10-13/h3-10H,11H2,1-2H3,(H2,19,20). The molecule has 1 atom stereocenters. The molecule has 2 N–H and O–H groups in total. The van der Waals surface area contributed by atoms with E-state index in [-0.39, 0.29) is 5.82 Å². The highest BCUT2D eigenvalue weighted by Gasteiger charge is 2.40. The Balaban J connectivity index is 2.07. The molecule has 0 radical (unpaired) electrons. The third kappa shape index (κ3) is 2.27. The van der Waals surface area contributed by atoms with Gasteiger partial charge in [0.25, 0.3) is 0 Å². The van der Waals surface area contributed by atoms with Gasteiger partial charge in [-0.2, -0.15) is 0 Å². The molecule has 1 heterocycles. The lowest BCUT2D eigenvalue weighted by atomic mass is 9.90. The largest absolute Gasteiger partial charge is 0.369 e. The molecule has 0 saturated carbocycles. The quantitative estimate of drug-likeness (QED) is 0.919. The van der Waals surface area contributed by atoms with Gasteiger partial charge in [0.15, 0.2) is 5.96 Å². The van der Waals surface area contributed by atoms with Gasteiger partial charge < -0.3 is 10.6 Å². The number of halogens is 1. The van der Waals surface area contributed by atoms with Crippen molar-refractivity contribution in [3.63, 3.8) is 0 Å². The van der Waals surface area contributed by atoms with Gasteiger partial charge in [-0.15, -0.1) is 0 Å². The van der Waals surface area contributed by atoms with Crippen LogP contribution < -0.4 is 10.6 Å².